The first-order valence-corrected chi connectivity index (χ1v) is 15.7. The summed E-state index contributed by atoms with van der Waals surface area (Å²) in [5.74, 6) is 1.76. The quantitative estimate of drug-likeness (QED) is 0.0387. The topological polar surface area (TPSA) is 203 Å². The Morgan fingerprint density at radius 3 is 1.96 bits per heavy atom. The Labute approximate surface area is 294 Å². The van der Waals surface area contributed by atoms with Crippen LogP contribution in [0.3, 0.4) is 0 Å². The van der Waals surface area contributed by atoms with Gasteiger partial charge in [-0.05, 0) is 37.8 Å². The molecule has 3 heterocycles. The minimum Gasteiger partial charge on any atom is -1.00 e. The molecule has 0 saturated carbocycles. The number of aromatic amines is 2. The lowest BCUT2D eigenvalue weighted by atomic mass is 9.98. The number of nitro groups is 2. The van der Waals surface area contributed by atoms with Gasteiger partial charge in [0.25, 0.3) is 23.0 Å². The highest BCUT2D eigenvalue weighted by Gasteiger charge is 2.46. The third kappa shape index (κ3) is 9.01. The number of unbranched alkanes of at least 4 members (excludes halogenated alkanes) is 2. The summed E-state index contributed by atoms with van der Waals surface area (Å²) in [5.41, 5.74) is 3.20. The molecule has 1 aliphatic heterocycles. The summed E-state index contributed by atoms with van der Waals surface area (Å²) in [4.78, 5) is 28.0. The van der Waals surface area contributed by atoms with Gasteiger partial charge in [-0.1, -0.05) is 0 Å². The van der Waals surface area contributed by atoms with Crippen LogP contribution < -0.4 is 33.9 Å². The molecule has 1 aliphatic rings. The Kier molecular flexibility index (Phi) is 14.6. The predicted molar refractivity (Wildman–Crippen MR) is 166 cm³/mol. The Hall–Kier alpha value is -3.48. The number of nitrogens with one attached hydrogen (secondary N) is 2. The van der Waals surface area contributed by atoms with Gasteiger partial charge in [-0.3, -0.25) is 20.2 Å². The van der Waals surface area contributed by atoms with Crippen molar-refractivity contribution in [3.63, 3.8) is 0 Å². The minimum absolute atomic E-state index is 0. The van der Waals surface area contributed by atoms with Crippen LogP contribution >= 0.6 is 0 Å². The van der Waals surface area contributed by atoms with Crippen LogP contribution in [-0.2, 0) is 32.0 Å². The number of hydrogen-bond acceptors (Lipinski definition) is 10. The van der Waals surface area contributed by atoms with E-state index in [1.807, 2.05) is 18.4 Å². The molecular formula is C31H42Cl2N6O10. The first kappa shape index (κ1) is 40.0. The number of H-pyrrole nitrogens is 2. The SMILES string of the molecule is CO[C@H]1O[C@H](CO)[C@@H](O)[C@H](OCCCC[n+]2c(C)[nH]c3ccc([N+](=O)[O-])cc32)[C@H]1OCCCC[n+]1c(C)[nH]c2cc([N+](=O)[O-])ccc21.[Cl-].[Cl-]. The van der Waals surface area contributed by atoms with Crippen LogP contribution in [0, 0.1) is 34.1 Å². The number of aliphatic hydroxyl groups excluding tert-OH is 2. The molecule has 0 radical (unpaired) electrons. The van der Waals surface area contributed by atoms with Crippen LogP contribution in [0.5, 0.6) is 0 Å². The molecule has 18 heteroatoms. The van der Waals surface area contributed by atoms with Gasteiger partial charge in [0.2, 0.25) is 0 Å². The van der Waals surface area contributed by atoms with E-state index >= 15 is 0 Å². The molecule has 0 amide bonds. The molecule has 2 aromatic heterocycles. The van der Waals surface area contributed by atoms with Crippen molar-refractivity contribution >= 4 is 33.4 Å². The van der Waals surface area contributed by atoms with Gasteiger partial charge >= 0.3 is 0 Å². The van der Waals surface area contributed by atoms with Gasteiger partial charge < -0.3 is 54.0 Å². The van der Waals surface area contributed by atoms with Crippen molar-refractivity contribution in [2.45, 2.75) is 83.3 Å². The molecule has 16 nitrogen and oxygen atoms in total. The number of ether oxygens (including phenoxy) is 4. The van der Waals surface area contributed by atoms with E-state index in [1.54, 1.807) is 18.2 Å². The molecule has 270 valence electrons. The first-order chi connectivity index (χ1) is 22.6. The van der Waals surface area contributed by atoms with E-state index in [2.05, 4.69) is 14.5 Å². The number of fused-ring (bicyclic) bond motifs is 2. The van der Waals surface area contributed by atoms with Gasteiger partial charge in [0.15, 0.2) is 28.4 Å². The normalized spacial score (nSPS) is 20.6. The van der Waals surface area contributed by atoms with Crippen LogP contribution in [0.25, 0.3) is 22.1 Å². The Morgan fingerprint density at radius 1 is 0.816 bits per heavy atom. The number of halogens is 2. The van der Waals surface area contributed by atoms with E-state index in [-0.39, 0.29) is 36.2 Å². The maximum absolute atomic E-state index is 11.3. The van der Waals surface area contributed by atoms with Gasteiger partial charge in [0, 0.05) is 46.3 Å². The van der Waals surface area contributed by atoms with Gasteiger partial charge in [-0.2, -0.15) is 0 Å². The number of aromatic nitrogens is 4. The number of aryl methyl sites for hydroxylation is 4. The second-order valence-corrected chi connectivity index (χ2v) is 11.7. The molecule has 0 unspecified atom stereocenters. The molecule has 5 rings (SSSR count). The number of aliphatic hydroxyl groups is 2. The highest BCUT2D eigenvalue weighted by atomic mass is 35.5. The second-order valence-electron chi connectivity index (χ2n) is 11.7. The molecule has 0 spiro atoms. The van der Waals surface area contributed by atoms with Crippen molar-refractivity contribution in [1.82, 2.24) is 9.97 Å². The van der Waals surface area contributed by atoms with Crippen LogP contribution in [-0.4, -0.2) is 87.7 Å². The average molecular weight is 730 g/mol. The van der Waals surface area contributed by atoms with Gasteiger partial charge in [-0.25, -0.2) is 19.1 Å². The van der Waals surface area contributed by atoms with Gasteiger partial charge in [0.1, 0.15) is 24.4 Å². The zero-order valence-corrected chi connectivity index (χ0v) is 28.9. The molecule has 1 saturated heterocycles. The molecule has 5 atom stereocenters. The minimum atomic E-state index is -1.14. The predicted octanol–water partition coefficient (Wildman–Crippen LogP) is -3.58. The van der Waals surface area contributed by atoms with Crippen molar-refractivity contribution < 1.29 is 73.0 Å². The first-order valence-electron chi connectivity index (χ1n) is 15.7. The van der Waals surface area contributed by atoms with Gasteiger partial charge in [-0.15, -0.1) is 0 Å². The number of nitro benzene ring substituents is 2. The number of non-ortho nitro benzene ring substituents is 2. The summed E-state index contributed by atoms with van der Waals surface area (Å²) in [6.45, 7) is 5.32. The smallest absolute Gasteiger partial charge is 0.273 e. The zero-order valence-electron chi connectivity index (χ0n) is 27.4. The molecule has 4 N–H and O–H groups in total. The van der Waals surface area contributed by atoms with Crippen LogP contribution in [0.1, 0.15) is 37.3 Å². The molecule has 4 aromatic rings. The van der Waals surface area contributed by atoms with Crippen molar-refractivity contribution in [2.24, 2.45) is 0 Å². The fourth-order valence-corrected chi connectivity index (χ4v) is 6.18. The fraction of sp³-hybridized carbons (Fsp3) is 0.548. The van der Waals surface area contributed by atoms with Crippen LogP contribution in [0.4, 0.5) is 11.4 Å². The molecule has 1 fully saturated rings. The standard InChI is InChI=1S/C31H40N6O10.2ClH/c1-19-32-23-10-8-22(37(42)43)17-26(23)35(19)13-5-6-14-45-29-28(39)27(18-38)47-31(44-3)30(29)46-15-7-4-12-34-20(2)33-24-16-21(36(40)41)9-11-25(24)34;;/h8-11,16-17,27-31,38-39H,4-7,12-15,18H2,1-3H3;2*1H/t27-,28-,29+,30-,31+;;/m1../s1. The monoisotopic (exact) mass is 728 g/mol. The fourth-order valence-electron chi connectivity index (χ4n) is 6.18. The van der Waals surface area contributed by atoms with E-state index < -0.39 is 47.2 Å². The summed E-state index contributed by atoms with van der Waals surface area (Å²) in [7, 11) is 1.47. The van der Waals surface area contributed by atoms with E-state index in [0.717, 1.165) is 34.6 Å². The summed E-state index contributed by atoms with van der Waals surface area (Å²) in [5, 5.41) is 43.2. The number of imidazole rings is 2. The largest absolute Gasteiger partial charge is 1.00 e. The Balaban J connectivity index is 0.00000325. The maximum atomic E-state index is 11.3. The zero-order chi connectivity index (χ0) is 33.7. The van der Waals surface area contributed by atoms with Crippen LogP contribution in [0.2, 0.25) is 0 Å². The third-order valence-electron chi connectivity index (χ3n) is 8.61. The summed E-state index contributed by atoms with van der Waals surface area (Å²) < 4.78 is 27.7. The molecule has 0 aliphatic carbocycles. The lowest BCUT2D eigenvalue weighted by Gasteiger charge is -2.43. The number of rotatable bonds is 16. The lowest BCUT2D eigenvalue weighted by Crippen LogP contribution is -3.00. The Morgan fingerprint density at radius 2 is 1.37 bits per heavy atom. The number of benzene rings is 2. The van der Waals surface area contributed by atoms with E-state index in [0.29, 0.717) is 51.1 Å². The van der Waals surface area contributed by atoms with Crippen molar-refractivity contribution in [1.29, 1.82) is 0 Å². The van der Waals surface area contributed by atoms with E-state index in [4.69, 9.17) is 18.9 Å². The Bertz CT molecular complexity index is 1720. The summed E-state index contributed by atoms with van der Waals surface area (Å²) >= 11 is 0. The third-order valence-corrected chi connectivity index (χ3v) is 8.61. The van der Waals surface area contributed by atoms with Crippen LogP contribution in [0.15, 0.2) is 36.4 Å². The maximum Gasteiger partial charge on any atom is 0.273 e. The molecular weight excluding hydrogens is 687 g/mol. The number of hydrogen-bond donors (Lipinski definition) is 4. The number of methoxy groups -OCH3 is 1. The van der Waals surface area contributed by atoms with E-state index in [9.17, 15) is 30.4 Å². The molecule has 0 bridgehead atoms. The van der Waals surface area contributed by atoms with Crippen molar-refractivity contribution in [3.05, 3.63) is 68.3 Å². The van der Waals surface area contributed by atoms with Crippen molar-refractivity contribution in [3.8, 4) is 0 Å². The molecule has 49 heavy (non-hydrogen) atoms. The second kappa shape index (κ2) is 18.0. The molecule has 2 aromatic carbocycles. The van der Waals surface area contributed by atoms with E-state index in [1.165, 1.54) is 25.3 Å². The van der Waals surface area contributed by atoms with Crippen molar-refractivity contribution in [2.75, 3.05) is 26.9 Å². The van der Waals surface area contributed by atoms with Gasteiger partial charge in [0.05, 0.1) is 41.7 Å². The summed E-state index contributed by atoms with van der Waals surface area (Å²) in [6, 6.07) is 9.49. The highest BCUT2D eigenvalue weighted by molar-refractivity contribution is 5.75. The average Bonchev–Trinajstić information content (AvgIpc) is 3.54. The number of nitrogens with zero attached hydrogens (tertiary/aromatic N) is 4. The summed E-state index contributed by atoms with van der Waals surface area (Å²) in [6.07, 6.45) is -1.69. The lowest BCUT2D eigenvalue weighted by molar-refractivity contribution is -0.678. The highest BCUT2D eigenvalue weighted by Crippen LogP contribution is 2.27.